The van der Waals surface area contributed by atoms with E-state index in [2.05, 4.69) is 5.32 Å². The molecule has 3 fully saturated rings. The molecule has 0 aromatic carbocycles. The van der Waals surface area contributed by atoms with Crippen molar-refractivity contribution in [3.8, 4) is 0 Å². The van der Waals surface area contributed by atoms with E-state index in [1.165, 1.54) is 38.6 Å². The van der Waals surface area contributed by atoms with E-state index >= 15 is 0 Å². The summed E-state index contributed by atoms with van der Waals surface area (Å²) in [4.78, 5) is 0. The number of hydrogen-bond acceptors (Lipinski definition) is 2. The van der Waals surface area contributed by atoms with Crippen LogP contribution in [0.2, 0.25) is 0 Å². The zero-order chi connectivity index (χ0) is 8.02. The SMILES string of the molecule is C1CO[C@H]([C@H]2NCC23CCC3)C1. The highest BCUT2D eigenvalue weighted by atomic mass is 16.5. The molecule has 2 aliphatic heterocycles. The maximum Gasteiger partial charge on any atom is 0.0734 e. The fourth-order valence-electron chi connectivity index (χ4n) is 3.02. The van der Waals surface area contributed by atoms with E-state index in [4.69, 9.17) is 4.74 Å². The van der Waals surface area contributed by atoms with Gasteiger partial charge in [-0.1, -0.05) is 6.42 Å². The Labute approximate surface area is 73.7 Å². The lowest BCUT2D eigenvalue weighted by Gasteiger charge is -2.58. The lowest BCUT2D eigenvalue weighted by atomic mass is 9.58. The first-order valence-corrected chi connectivity index (χ1v) is 5.26. The third-order valence-electron chi connectivity index (χ3n) is 4.02. The lowest BCUT2D eigenvalue weighted by Crippen LogP contribution is -2.69. The van der Waals surface area contributed by atoms with E-state index in [1.54, 1.807) is 0 Å². The fraction of sp³-hybridized carbons (Fsp3) is 1.00. The zero-order valence-electron chi connectivity index (χ0n) is 7.51. The van der Waals surface area contributed by atoms with Crippen LogP contribution in [-0.4, -0.2) is 25.3 Å². The molecule has 2 saturated heterocycles. The Kier molecular flexibility index (Phi) is 1.50. The van der Waals surface area contributed by atoms with Crippen molar-refractivity contribution in [2.75, 3.05) is 13.2 Å². The molecule has 1 saturated carbocycles. The molecule has 3 aliphatic rings. The van der Waals surface area contributed by atoms with Crippen molar-refractivity contribution in [3.63, 3.8) is 0 Å². The predicted molar refractivity (Wildman–Crippen MR) is 47.0 cm³/mol. The standard InChI is InChI=1S/C10H17NO/c1-3-8(12-6-1)9-10(7-11-9)4-2-5-10/h8-9,11H,1-7H2/t8-,9+/m0/s1. The average molecular weight is 167 g/mol. The second-order valence-electron chi connectivity index (χ2n) is 4.63. The minimum Gasteiger partial charge on any atom is -0.377 e. The van der Waals surface area contributed by atoms with Crippen LogP contribution in [0.25, 0.3) is 0 Å². The van der Waals surface area contributed by atoms with Gasteiger partial charge in [-0.3, -0.25) is 0 Å². The average Bonchev–Trinajstić information content (AvgIpc) is 2.33. The molecule has 2 heteroatoms. The minimum absolute atomic E-state index is 0.555. The predicted octanol–water partition coefficient (Wildman–Crippen LogP) is 1.31. The highest BCUT2D eigenvalue weighted by Gasteiger charge is 2.54. The molecule has 1 N–H and O–H groups in total. The quantitative estimate of drug-likeness (QED) is 0.635. The molecular formula is C10H17NO. The first-order valence-electron chi connectivity index (χ1n) is 5.26. The molecule has 0 radical (unpaired) electrons. The van der Waals surface area contributed by atoms with Gasteiger partial charge in [-0.05, 0) is 25.7 Å². The number of nitrogens with one attached hydrogen (secondary N) is 1. The minimum atomic E-state index is 0.555. The Morgan fingerprint density at radius 2 is 2.17 bits per heavy atom. The third-order valence-corrected chi connectivity index (χ3v) is 4.02. The van der Waals surface area contributed by atoms with Gasteiger partial charge in [0.2, 0.25) is 0 Å². The molecule has 0 unspecified atom stereocenters. The van der Waals surface area contributed by atoms with E-state index in [9.17, 15) is 0 Å². The summed E-state index contributed by atoms with van der Waals surface area (Å²) in [6, 6.07) is 0.716. The Morgan fingerprint density at radius 3 is 2.58 bits per heavy atom. The summed E-state index contributed by atoms with van der Waals surface area (Å²) in [7, 11) is 0. The highest BCUT2D eigenvalue weighted by molar-refractivity contribution is 5.09. The molecule has 2 heterocycles. The summed E-state index contributed by atoms with van der Waals surface area (Å²) in [5, 5.41) is 3.56. The maximum atomic E-state index is 5.73. The Bertz CT molecular complexity index is 177. The molecule has 0 aromatic rings. The van der Waals surface area contributed by atoms with Crippen LogP contribution >= 0.6 is 0 Å². The molecule has 0 bridgehead atoms. The van der Waals surface area contributed by atoms with Crippen molar-refractivity contribution in [1.29, 1.82) is 0 Å². The first-order chi connectivity index (χ1) is 5.91. The molecule has 2 nitrogen and oxygen atoms in total. The van der Waals surface area contributed by atoms with Crippen LogP contribution in [0.15, 0.2) is 0 Å². The fourth-order valence-corrected chi connectivity index (χ4v) is 3.02. The summed E-state index contributed by atoms with van der Waals surface area (Å²) >= 11 is 0. The molecule has 1 aliphatic carbocycles. The highest BCUT2D eigenvalue weighted by Crippen LogP contribution is 2.50. The molecular weight excluding hydrogens is 150 g/mol. The molecule has 68 valence electrons. The van der Waals surface area contributed by atoms with Crippen LogP contribution in [0.5, 0.6) is 0 Å². The van der Waals surface area contributed by atoms with Crippen LogP contribution in [0.3, 0.4) is 0 Å². The largest absolute Gasteiger partial charge is 0.377 e. The monoisotopic (exact) mass is 167 g/mol. The van der Waals surface area contributed by atoms with Gasteiger partial charge < -0.3 is 10.1 Å². The summed E-state index contributed by atoms with van der Waals surface area (Å²) in [6.07, 6.45) is 7.47. The summed E-state index contributed by atoms with van der Waals surface area (Å²) < 4.78 is 5.73. The van der Waals surface area contributed by atoms with Gasteiger partial charge in [-0.15, -0.1) is 0 Å². The van der Waals surface area contributed by atoms with Gasteiger partial charge in [0.05, 0.1) is 6.10 Å². The van der Waals surface area contributed by atoms with E-state index < -0.39 is 0 Å². The Balaban J connectivity index is 1.68. The van der Waals surface area contributed by atoms with E-state index in [1.807, 2.05) is 0 Å². The first kappa shape index (κ1) is 7.34. The van der Waals surface area contributed by atoms with Gasteiger partial charge >= 0.3 is 0 Å². The van der Waals surface area contributed by atoms with Gasteiger partial charge in [0.25, 0.3) is 0 Å². The Morgan fingerprint density at radius 1 is 1.25 bits per heavy atom. The Hall–Kier alpha value is -0.0800. The number of rotatable bonds is 1. The maximum absolute atomic E-state index is 5.73. The second-order valence-corrected chi connectivity index (χ2v) is 4.63. The van der Waals surface area contributed by atoms with Crippen molar-refractivity contribution < 1.29 is 4.74 Å². The summed E-state index contributed by atoms with van der Waals surface area (Å²) in [5.74, 6) is 0. The molecule has 0 aromatic heterocycles. The van der Waals surface area contributed by atoms with Crippen LogP contribution in [0, 0.1) is 5.41 Å². The molecule has 2 atom stereocenters. The normalized spacial score (nSPS) is 44.0. The van der Waals surface area contributed by atoms with Crippen molar-refractivity contribution in [2.24, 2.45) is 5.41 Å². The van der Waals surface area contributed by atoms with Crippen LogP contribution < -0.4 is 5.32 Å². The number of ether oxygens (including phenoxy) is 1. The van der Waals surface area contributed by atoms with Gasteiger partial charge in [0, 0.05) is 24.6 Å². The van der Waals surface area contributed by atoms with Gasteiger partial charge in [0.15, 0.2) is 0 Å². The van der Waals surface area contributed by atoms with Crippen LogP contribution in [-0.2, 0) is 4.74 Å². The van der Waals surface area contributed by atoms with Crippen molar-refractivity contribution in [1.82, 2.24) is 5.32 Å². The molecule has 3 rings (SSSR count). The van der Waals surface area contributed by atoms with Crippen LogP contribution in [0.1, 0.15) is 32.1 Å². The zero-order valence-corrected chi connectivity index (χ0v) is 7.51. The van der Waals surface area contributed by atoms with Crippen molar-refractivity contribution in [3.05, 3.63) is 0 Å². The van der Waals surface area contributed by atoms with Gasteiger partial charge in [-0.25, -0.2) is 0 Å². The second kappa shape index (κ2) is 2.46. The van der Waals surface area contributed by atoms with Crippen LogP contribution in [0.4, 0.5) is 0 Å². The summed E-state index contributed by atoms with van der Waals surface area (Å²) in [5.41, 5.74) is 0.689. The molecule has 1 spiro atoms. The van der Waals surface area contributed by atoms with E-state index in [0.717, 1.165) is 6.61 Å². The van der Waals surface area contributed by atoms with Gasteiger partial charge in [-0.2, -0.15) is 0 Å². The topological polar surface area (TPSA) is 21.3 Å². The number of hydrogen-bond donors (Lipinski definition) is 1. The lowest BCUT2D eigenvalue weighted by molar-refractivity contribution is -0.0751. The van der Waals surface area contributed by atoms with Crippen molar-refractivity contribution >= 4 is 0 Å². The molecule has 0 amide bonds. The van der Waals surface area contributed by atoms with E-state index in [0.29, 0.717) is 17.6 Å². The third kappa shape index (κ3) is 0.826. The smallest absolute Gasteiger partial charge is 0.0734 e. The molecule has 12 heavy (non-hydrogen) atoms. The van der Waals surface area contributed by atoms with Gasteiger partial charge in [0.1, 0.15) is 0 Å². The summed E-state index contributed by atoms with van der Waals surface area (Å²) in [6.45, 7) is 2.26. The van der Waals surface area contributed by atoms with Crippen molar-refractivity contribution in [2.45, 2.75) is 44.2 Å². The van der Waals surface area contributed by atoms with E-state index in [-0.39, 0.29) is 0 Å².